The van der Waals surface area contributed by atoms with E-state index in [2.05, 4.69) is 0 Å². The van der Waals surface area contributed by atoms with Crippen LogP contribution in [0, 0.1) is 0 Å². The number of aliphatic hydroxyl groups excluding tert-OH is 1. The highest BCUT2D eigenvalue weighted by molar-refractivity contribution is 6.46. The summed E-state index contributed by atoms with van der Waals surface area (Å²) in [4.78, 5) is 39.8. The number of ether oxygens (including phenoxy) is 3. The second-order valence-corrected chi connectivity index (χ2v) is 8.35. The van der Waals surface area contributed by atoms with Crippen molar-refractivity contribution >= 4 is 23.4 Å². The Bertz CT molecular complexity index is 1360. The van der Waals surface area contributed by atoms with Crippen LogP contribution in [0.25, 0.3) is 5.76 Å². The summed E-state index contributed by atoms with van der Waals surface area (Å²) in [5.74, 6) is -1.23. The van der Waals surface area contributed by atoms with E-state index in [-0.39, 0.29) is 17.9 Å². The van der Waals surface area contributed by atoms with Crippen LogP contribution >= 0.6 is 0 Å². The number of benzene rings is 3. The molecular weight excluding hydrogens is 474 g/mol. The molecule has 3 aromatic carbocycles. The van der Waals surface area contributed by atoms with E-state index in [9.17, 15) is 19.5 Å². The number of nitrogens with zero attached hydrogens (tertiary/aromatic N) is 1. The third-order valence-corrected chi connectivity index (χ3v) is 6.10. The van der Waals surface area contributed by atoms with Crippen molar-refractivity contribution in [3.05, 3.63) is 101 Å². The van der Waals surface area contributed by atoms with Gasteiger partial charge in [-0.25, -0.2) is 4.79 Å². The molecule has 1 unspecified atom stereocenters. The first kappa shape index (κ1) is 25.5. The molecule has 0 radical (unpaired) electrons. The number of Topliss-reactive ketones (excluding diaryl/α,β-unsaturated/α-hetero) is 1. The first-order chi connectivity index (χ1) is 17.9. The minimum Gasteiger partial charge on any atom is -0.507 e. The Labute approximate surface area is 214 Å². The second kappa shape index (κ2) is 11.0. The predicted molar refractivity (Wildman–Crippen MR) is 136 cm³/mol. The number of rotatable bonds is 8. The molecule has 8 nitrogen and oxygen atoms in total. The number of carbonyl (C=O) groups excluding carboxylic acids is 3. The fourth-order valence-electron chi connectivity index (χ4n) is 4.32. The quantitative estimate of drug-likeness (QED) is 0.210. The monoisotopic (exact) mass is 501 g/mol. The third-order valence-electron chi connectivity index (χ3n) is 6.10. The van der Waals surface area contributed by atoms with Gasteiger partial charge in [-0.05, 0) is 54.4 Å². The Hall–Kier alpha value is -4.59. The van der Waals surface area contributed by atoms with Gasteiger partial charge in [0.25, 0.3) is 11.7 Å². The second-order valence-electron chi connectivity index (χ2n) is 8.35. The lowest BCUT2D eigenvalue weighted by atomic mass is 9.95. The number of esters is 1. The number of aliphatic hydroxyl groups is 1. The van der Waals surface area contributed by atoms with E-state index in [0.717, 1.165) is 0 Å². The lowest BCUT2D eigenvalue weighted by Crippen LogP contribution is -2.29. The van der Waals surface area contributed by atoms with Gasteiger partial charge in [0.15, 0.2) is 0 Å². The number of likely N-dealkylation sites (tertiary alicyclic amines) is 1. The molecule has 1 saturated heterocycles. The van der Waals surface area contributed by atoms with E-state index in [1.807, 2.05) is 6.92 Å². The van der Waals surface area contributed by atoms with Gasteiger partial charge in [0.2, 0.25) is 0 Å². The predicted octanol–water partition coefficient (Wildman–Crippen LogP) is 4.50. The van der Waals surface area contributed by atoms with Gasteiger partial charge in [-0.15, -0.1) is 0 Å². The van der Waals surface area contributed by atoms with E-state index in [4.69, 9.17) is 14.2 Å². The van der Waals surface area contributed by atoms with Gasteiger partial charge in [-0.1, -0.05) is 36.4 Å². The standard InChI is InChI=1S/C29H27NO7/c1-4-37-23-10-6-8-21(16-23)26(31)24-25(20-7-5-9-22(15-20)35-2)30(28(33)27(24)32)17-18-11-13-19(14-12-18)29(34)36-3/h5-16,25,31H,4,17H2,1-3H3/b26-24+. The summed E-state index contributed by atoms with van der Waals surface area (Å²) >= 11 is 0. The van der Waals surface area contributed by atoms with Crippen LogP contribution < -0.4 is 9.47 Å². The van der Waals surface area contributed by atoms with Crippen LogP contribution in [0.3, 0.4) is 0 Å². The highest BCUT2D eigenvalue weighted by atomic mass is 16.5. The first-order valence-electron chi connectivity index (χ1n) is 11.7. The molecule has 1 heterocycles. The number of hydrogen-bond acceptors (Lipinski definition) is 7. The molecule has 1 N–H and O–H groups in total. The van der Waals surface area contributed by atoms with Crippen LogP contribution in [0.1, 0.15) is 40.0 Å². The zero-order valence-electron chi connectivity index (χ0n) is 20.8. The molecule has 8 heteroatoms. The van der Waals surface area contributed by atoms with Gasteiger partial charge in [-0.3, -0.25) is 9.59 Å². The molecule has 0 bridgehead atoms. The van der Waals surface area contributed by atoms with E-state index >= 15 is 0 Å². The van der Waals surface area contributed by atoms with Crippen molar-refractivity contribution in [2.45, 2.75) is 19.5 Å². The summed E-state index contributed by atoms with van der Waals surface area (Å²) < 4.78 is 15.6. The Morgan fingerprint density at radius 2 is 1.62 bits per heavy atom. The summed E-state index contributed by atoms with van der Waals surface area (Å²) in [5, 5.41) is 11.3. The van der Waals surface area contributed by atoms with Gasteiger partial charge in [-0.2, -0.15) is 0 Å². The maximum absolute atomic E-state index is 13.3. The Balaban J connectivity index is 1.81. The summed E-state index contributed by atoms with van der Waals surface area (Å²) in [6, 6.07) is 19.5. The number of methoxy groups -OCH3 is 2. The molecule has 190 valence electrons. The SMILES string of the molecule is CCOc1cccc(/C(O)=C2\C(=O)C(=O)N(Cc3ccc(C(=O)OC)cc3)C2c2cccc(OC)c2)c1. The van der Waals surface area contributed by atoms with Crippen LogP contribution in [-0.2, 0) is 20.9 Å². The fourth-order valence-corrected chi connectivity index (χ4v) is 4.32. The van der Waals surface area contributed by atoms with Crippen molar-refractivity contribution < 1.29 is 33.7 Å². The van der Waals surface area contributed by atoms with Gasteiger partial charge in [0.05, 0.1) is 38.0 Å². The van der Waals surface area contributed by atoms with Crippen molar-refractivity contribution in [2.24, 2.45) is 0 Å². The normalized spacial score (nSPS) is 16.5. The highest BCUT2D eigenvalue weighted by Crippen LogP contribution is 2.41. The maximum atomic E-state index is 13.3. The minimum absolute atomic E-state index is 0.0296. The molecule has 1 amide bonds. The number of ketones is 1. The molecule has 1 atom stereocenters. The number of hydrogen-bond donors (Lipinski definition) is 1. The summed E-state index contributed by atoms with van der Waals surface area (Å²) in [6.07, 6.45) is 0. The Morgan fingerprint density at radius 1 is 0.919 bits per heavy atom. The van der Waals surface area contributed by atoms with Crippen LogP contribution in [0.4, 0.5) is 0 Å². The molecule has 0 spiro atoms. The molecule has 1 aliphatic rings. The number of carbonyl (C=O) groups is 3. The average Bonchev–Trinajstić information content (AvgIpc) is 3.18. The molecule has 3 aromatic rings. The summed E-state index contributed by atoms with van der Waals surface area (Å²) in [5.41, 5.74) is 2.00. The van der Waals surface area contributed by atoms with E-state index in [1.54, 1.807) is 72.8 Å². The first-order valence-corrected chi connectivity index (χ1v) is 11.7. The number of amides is 1. The lowest BCUT2D eigenvalue weighted by molar-refractivity contribution is -0.140. The van der Waals surface area contributed by atoms with Gasteiger partial charge < -0.3 is 24.2 Å². The van der Waals surface area contributed by atoms with Crippen LogP contribution in [-0.4, -0.2) is 48.5 Å². The van der Waals surface area contributed by atoms with Gasteiger partial charge in [0, 0.05) is 12.1 Å². The smallest absolute Gasteiger partial charge is 0.337 e. The molecule has 37 heavy (non-hydrogen) atoms. The average molecular weight is 502 g/mol. The van der Waals surface area contributed by atoms with Crippen molar-refractivity contribution in [3.63, 3.8) is 0 Å². The van der Waals surface area contributed by atoms with Crippen LogP contribution in [0.5, 0.6) is 11.5 Å². The van der Waals surface area contributed by atoms with E-state index < -0.39 is 23.7 Å². The van der Waals surface area contributed by atoms with Crippen LogP contribution in [0.2, 0.25) is 0 Å². The van der Waals surface area contributed by atoms with Gasteiger partial charge >= 0.3 is 5.97 Å². The molecule has 0 saturated carbocycles. The van der Waals surface area contributed by atoms with Crippen molar-refractivity contribution in [1.82, 2.24) is 4.90 Å². The molecule has 0 aliphatic carbocycles. The summed E-state index contributed by atoms with van der Waals surface area (Å²) in [7, 11) is 2.83. The van der Waals surface area contributed by atoms with Gasteiger partial charge in [0.1, 0.15) is 17.3 Å². The molecule has 0 aromatic heterocycles. The molecule has 1 aliphatic heterocycles. The fraction of sp³-hybridized carbons (Fsp3) is 0.207. The van der Waals surface area contributed by atoms with Crippen LogP contribution in [0.15, 0.2) is 78.4 Å². The molecule has 1 fully saturated rings. The van der Waals surface area contributed by atoms with Crippen molar-refractivity contribution in [2.75, 3.05) is 20.8 Å². The highest BCUT2D eigenvalue weighted by Gasteiger charge is 2.46. The largest absolute Gasteiger partial charge is 0.507 e. The topological polar surface area (TPSA) is 102 Å². The lowest BCUT2D eigenvalue weighted by Gasteiger charge is -2.26. The van der Waals surface area contributed by atoms with Crippen molar-refractivity contribution in [1.29, 1.82) is 0 Å². The zero-order valence-corrected chi connectivity index (χ0v) is 20.8. The van der Waals surface area contributed by atoms with Crippen molar-refractivity contribution in [3.8, 4) is 11.5 Å². The Morgan fingerprint density at radius 3 is 2.30 bits per heavy atom. The molecule has 4 rings (SSSR count). The third kappa shape index (κ3) is 5.18. The molecular formula is C29H27NO7. The Kier molecular flexibility index (Phi) is 7.57. The van der Waals surface area contributed by atoms with E-state index in [1.165, 1.54) is 19.1 Å². The van der Waals surface area contributed by atoms with E-state index in [0.29, 0.717) is 40.4 Å². The minimum atomic E-state index is -0.869. The zero-order chi connectivity index (χ0) is 26.5. The maximum Gasteiger partial charge on any atom is 0.337 e. The summed E-state index contributed by atoms with van der Waals surface area (Å²) in [6.45, 7) is 2.36.